The van der Waals surface area contributed by atoms with Gasteiger partial charge in [-0.05, 0) is 29.7 Å². The SMILES string of the molecule is Cc1c(CC2CO2)ccc(N)c1CC1CO1. The smallest absolute Gasteiger partial charge is 0.0851 e. The highest BCUT2D eigenvalue weighted by molar-refractivity contribution is 5.54. The number of nitrogens with two attached hydrogens (primary N) is 1. The molecule has 0 aromatic heterocycles. The molecule has 1 aromatic rings. The van der Waals surface area contributed by atoms with Crippen molar-refractivity contribution in [3.8, 4) is 0 Å². The molecule has 0 bridgehead atoms. The van der Waals surface area contributed by atoms with E-state index in [4.69, 9.17) is 15.2 Å². The quantitative estimate of drug-likeness (QED) is 0.616. The summed E-state index contributed by atoms with van der Waals surface area (Å²) in [6, 6.07) is 4.14. The fourth-order valence-corrected chi connectivity index (χ4v) is 2.16. The number of ether oxygens (including phenoxy) is 2. The molecular weight excluding hydrogens is 202 g/mol. The lowest BCUT2D eigenvalue weighted by Crippen LogP contribution is -2.06. The van der Waals surface area contributed by atoms with Crippen LogP contribution in [0.5, 0.6) is 0 Å². The average Bonchev–Trinajstić information content (AvgIpc) is 3.11. The highest BCUT2D eigenvalue weighted by Crippen LogP contribution is 2.28. The summed E-state index contributed by atoms with van der Waals surface area (Å²) in [6.07, 6.45) is 2.81. The fourth-order valence-electron chi connectivity index (χ4n) is 2.16. The van der Waals surface area contributed by atoms with Crippen molar-refractivity contribution in [3.63, 3.8) is 0 Å². The Bertz CT molecular complexity index is 409. The average molecular weight is 219 g/mol. The van der Waals surface area contributed by atoms with E-state index in [9.17, 15) is 0 Å². The fraction of sp³-hybridized carbons (Fsp3) is 0.538. The second kappa shape index (κ2) is 3.75. The lowest BCUT2D eigenvalue weighted by atomic mass is 9.95. The minimum atomic E-state index is 0.397. The molecule has 0 radical (unpaired) electrons. The van der Waals surface area contributed by atoms with E-state index in [-0.39, 0.29) is 0 Å². The first-order valence-electron chi connectivity index (χ1n) is 5.84. The van der Waals surface area contributed by atoms with Crippen LogP contribution in [-0.2, 0) is 22.3 Å². The largest absolute Gasteiger partial charge is 0.398 e. The first-order chi connectivity index (χ1) is 7.74. The van der Waals surface area contributed by atoms with Crippen molar-refractivity contribution in [3.05, 3.63) is 28.8 Å². The Morgan fingerprint density at radius 2 is 1.81 bits per heavy atom. The predicted octanol–water partition coefficient (Wildman–Crippen LogP) is 1.46. The van der Waals surface area contributed by atoms with Gasteiger partial charge in [-0.3, -0.25) is 0 Å². The summed E-state index contributed by atoms with van der Waals surface area (Å²) in [5.74, 6) is 0. The molecule has 2 heterocycles. The number of hydrogen-bond donors (Lipinski definition) is 1. The molecule has 2 fully saturated rings. The van der Waals surface area contributed by atoms with Crippen molar-refractivity contribution in [2.24, 2.45) is 0 Å². The Morgan fingerprint density at radius 3 is 2.44 bits per heavy atom. The van der Waals surface area contributed by atoms with Crippen LogP contribution in [0.1, 0.15) is 16.7 Å². The molecule has 2 N–H and O–H groups in total. The van der Waals surface area contributed by atoms with E-state index in [1.807, 2.05) is 6.07 Å². The van der Waals surface area contributed by atoms with Gasteiger partial charge in [-0.1, -0.05) is 6.07 Å². The van der Waals surface area contributed by atoms with Crippen molar-refractivity contribution in [1.29, 1.82) is 0 Å². The van der Waals surface area contributed by atoms with Gasteiger partial charge in [-0.25, -0.2) is 0 Å². The Labute approximate surface area is 95.5 Å². The van der Waals surface area contributed by atoms with E-state index < -0.39 is 0 Å². The topological polar surface area (TPSA) is 51.1 Å². The summed E-state index contributed by atoms with van der Waals surface area (Å²) in [4.78, 5) is 0. The molecule has 3 nitrogen and oxygen atoms in total. The summed E-state index contributed by atoms with van der Waals surface area (Å²) in [5.41, 5.74) is 10.9. The van der Waals surface area contributed by atoms with E-state index in [0.717, 1.165) is 31.7 Å². The van der Waals surface area contributed by atoms with Crippen LogP contribution in [-0.4, -0.2) is 25.4 Å². The lowest BCUT2D eigenvalue weighted by Gasteiger charge is -2.12. The van der Waals surface area contributed by atoms with Gasteiger partial charge >= 0.3 is 0 Å². The molecule has 86 valence electrons. The minimum absolute atomic E-state index is 0.397. The Hall–Kier alpha value is -1.06. The Morgan fingerprint density at radius 1 is 1.19 bits per heavy atom. The number of rotatable bonds is 4. The van der Waals surface area contributed by atoms with E-state index in [0.29, 0.717) is 12.2 Å². The van der Waals surface area contributed by atoms with Crippen molar-refractivity contribution < 1.29 is 9.47 Å². The molecule has 2 atom stereocenters. The molecule has 0 aliphatic carbocycles. The standard InChI is InChI=1S/C13H17NO2/c1-8-9(4-10-6-15-10)2-3-13(14)12(8)5-11-7-16-11/h2-3,10-11H,4-7,14H2,1H3. The van der Waals surface area contributed by atoms with Crippen LogP contribution < -0.4 is 5.73 Å². The highest BCUT2D eigenvalue weighted by atomic mass is 16.6. The molecule has 3 rings (SSSR count). The molecule has 3 heteroatoms. The van der Waals surface area contributed by atoms with Gasteiger partial charge in [-0.15, -0.1) is 0 Å². The summed E-state index contributed by atoms with van der Waals surface area (Å²) < 4.78 is 10.6. The van der Waals surface area contributed by atoms with Crippen molar-refractivity contribution >= 4 is 5.69 Å². The summed E-state index contributed by atoms with van der Waals surface area (Å²) in [7, 11) is 0. The molecule has 2 aliphatic heterocycles. The van der Waals surface area contributed by atoms with Gasteiger partial charge in [0.25, 0.3) is 0 Å². The molecule has 2 unspecified atom stereocenters. The molecule has 1 aromatic carbocycles. The Balaban J connectivity index is 1.86. The van der Waals surface area contributed by atoms with E-state index in [1.54, 1.807) is 0 Å². The molecule has 16 heavy (non-hydrogen) atoms. The van der Waals surface area contributed by atoms with Crippen LogP contribution >= 0.6 is 0 Å². The zero-order valence-corrected chi connectivity index (χ0v) is 9.53. The molecule has 0 amide bonds. The van der Waals surface area contributed by atoms with E-state index in [1.165, 1.54) is 16.7 Å². The number of epoxide rings is 2. The number of hydrogen-bond acceptors (Lipinski definition) is 3. The van der Waals surface area contributed by atoms with Gasteiger partial charge in [0.2, 0.25) is 0 Å². The van der Waals surface area contributed by atoms with Crippen LogP contribution in [0, 0.1) is 6.92 Å². The first kappa shape index (κ1) is 10.1. The van der Waals surface area contributed by atoms with E-state index in [2.05, 4.69) is 13.0 Å². The normalized spacial score (nSPS) is 26.8. The summed E-state index contributed by atoms with van der Waals surface area (Å²) in [6.45, 7) is 3.95. The van der Waals surface area contributed by atoms with Crippen LogP contribution in [0.25, 0.3) is 0 Å². The van der Waals surface area contributed by atoms with Crippen LogP contribution in [0.2, 0.25) is 0 Å². The zero-order chi connectivity index (χ0) is 11.1. The molecule has 0 spiro atoms. The second-order valence-corrected chi connectivity index (χ2v) is 4.74. The number of nitrogen functional groups attached to an aromatic ring is 1. The number of benzene rings is 1. The van der Waals surface area contributed by atoms with Crippen molar-refractivity contribution in [1.82, 2.24) is 0 Å². The van der Waals surface area contributed by atoms with Gasteiger partial charge in [0.1, 0.15) is 0 Å². The maximum atomic E-state index is 6.03. The molecule has 0 saturated carbocycles. The third kappa shape index (κ3) is 2.06. The monoisotopic (exact) mass is 219 g/mol. The van der Waals surface area contributed by atoms with Crippen LogP contribution in [0.3, 0.4) is 0 Å². The van der Waals surface area contributed by atoms with Gasteiger partial charge in [0.05, 0.1) is 25.4 Å². The molecular formula is C13H17NO2. The number of anilines is 1. The molecule has 2 aliphatic rings. The maximum Gasteiger partial charge on any atom is 0.0851 e. The zero-order valence-electron chi connectivity index (χ0n) is 9.53. The van der Waals surface area contributed by atoms with Gasteiger partial charge in [0.15, 0.2) is 0 Å². The third-order valence-electron chi connectivity index (χ3n) is 3.43. The summed E-state index contributed by atoms with van der Waals surface area (Å²) in [5, 5.41) is 0. The third-order valence-corrected chi connectivity index (χ3v) is 3.43. The lowest BCUT2D eigenvalue weighted by molar-refractivity contribution is 0.405. The van der Waals surface area contributed by atoms with Gasteiger partial charge < -0.3 is 15.2 Å². The van der Waals surface area contributed by atoms with Gasteiger partial charge in [-0.2, -0.15) is 0 Å². The highest BCUT2D eigenvalue weighted by Gasteiger charge is 2.27. The Kier molecular flexibility index (Phi) is 2.37. The maximum absolute atomic E-state index is 6.03. The van der Waals surface area contributed by atoms with Gasteiger partial charge in [0, 0.05) is 18.5 Å². The minimum Gasteiger partial charge on any atom is -0.398 e. The molecule has 2 saturated heterocycles. The van der Waals surface area contributed by atoms with Crippen LogP contribution in [0.15, 0.2) is 12.1 Å². The van der Waals surface area contributed by atoms with Crippen molar-refractivity contribution in [2.45, 2.75) is 32.0 Å². The predicted molar refractivity (Wildman–Crippen MR) is 62.5 cm³/mol. The first-order valence-corrected chi connectivity index (χ1v) is 5.84. The van der Waals surface area contributed by atoms with Crippen molar-refractivity contribution in [2.75, 3.05) is 18.9 Å². The van der Waals surface area contributed by atoms with Crippen LogP contribution in [0.4, 0.5) is 5.69 Å². The summed E-state index contributed by atoms with van der Waals surface area (Å²) >= 11 is 0. The van der Waals surface area contributed by atoms with E-state index >= 15 is 0 Å². The second-order valence-electron chi connectivity index (χ2n) is 4.74.